The zero-order valence-electron chi connectivity index (χ0n) is 11.4. The quantitative estimate of drug-likeness (QED) is 0.486. The Morgan fingerprint density at radius 1 is 1.00 bits per heavy atom. The van der Waals surface area contributed by atoms with E-state index in [2.05, 4.69) is 40.4 Å². The largest absolute Gasteiger partial charge is 0.266 e. The molecular weight excluding hydrogens is 282 g/mol. The van der Waals surface area contributed by atoms with Crippen molar-refractivity contribution in [1.29, 1.82) is 0 Å². The number of hydrogen-bond donors (Lipinski definition) is 0. The van der Waals surface area contributed by atoms with Gasteiger partial charge in [-0.3, -0.25) is 4.68 Å². The topological polar surface area (TPSA) is 30.7 Å². The predicted octanol–water partition coefficient (Wildman–Crippen LogP) is 4.44. The van der Waals surface area contributed by atoms with Crippen molar-refractivity contribution in [3.8, 4) is 11.3 Å². The molecule has 102 valence electrons. The maximum atomic E-state index is 6.03. The number of halogens is 1. The van der Waals surface area contributed by atoms with Crippen molar-refractivity contribution in [3.05, 3.63) is 59.9 Å². The van der Waals surface area contributed by atoms with Crippen LogP contribution in [0, 0.1) is 0 Å². The van der Waals surface area contributed by atoms with E-state index in [0.717, 1.165) is 22.2 Å². The fraction of sp³-hybridized carbons (Fsp3) is 0.0588. The third-order valence-corrected chi connectivity index (χ3v) is 3.93. The Bertz CT molecular complexity index is 972. The molecule has 0 fully saturated rings. The molecule has 0 aliphatic rings. The van der Waals surface area contributed by atoms with E-state index in [4.69, 9.17) is 11.6 Å². The molecule has 0 saturated carbocycles. The van der Waals surface area contributed by atoms with Gasteiger partial charge in [0.1, 0.15) is 10.8 Å². The summed E-state index contributed by atoms with van der Waals surface area (Å²) < 4.78 is 1.84. The molecule has 4 aromatic rings. The van der Waals surface area contributed by atoms with Crippen LogP contribution in [0.15, 0.2) is 54.7 Å². The first kappa shape index (κ1) is 12.4. The van der Waals surface area contributed by atoms with E-state index < -0.39 is 0 Å². The highest BCUT2D eigenvalue weighted by Crippen LogP contribution is 2.30. The van der Waals surface area contributed by atoms with E-state index in [1.807, 2.05) is 29.9 Å². The van der Waals surface area contributed by atoms with Crippen LogP contribution in [0.4, 0.5) is 0 Å². The van der Waals surface area contributed by atoms with Crippen LogP contribution in [0.3, 0.4) is 0 Å². The van der Waals surface area contributed by atoms with E-state index >= 15 is 0 Å². The van der Waals surface area contributed by atoms with Gasteiger partial charge in [0.05, 0.1) is 11.7 Å². The molecule has 2 aromatic heterocycles. The molecule has 0 atom stereocenters. The van der Waals surface area contributed by atoms with Crippen molar-refractivity contribution in [2.45, 2.75) is 0 Å². The molecule has 0 aliphatic heterocycles. The molecule has 0 bridgehead atoms. The SMILES string of the molecule is Cn1nc(-c2ccc3ccccc3c2)c2cc(Cl)ncc21. The lowest BCUT2D eigenvalue weighted by Gasteiger charge is -2.02. The third-order valence-electron chi connectivity index (χ3n) is 3.73. The summed E-state index contributed by atoms with van der Waals surface area (Å²) in [6.07, 6.45) is 1.76. The van der Waals surface area contributed by atoms with Crippen molar-refractivity contribution in [3.63, 3.8) is 0 Å². The Hall–Kier alpha value is -2.39. The molecular formula is C17H12ClN3. The zero-order chi connectivity index (χ0) is 14.4. The van der Waals surface area contributed by atoms with Gasteiger partial charge in [-0.25, -0.2) is 4.98 Å². The molecule has 0 unspecified atom stereocenters. The fourth-order valence-electron chi connectivity index (χ4n) is 2.68. The first-order valence-corrected chi connectivity index (χ1v) is 7.07. The highest BCUT2D eigenvalue weighted by Gasteiger charge is 2.12. The van der Waals surface area contributed by atoms with Crippen LogP contribution in [-0.2, 0) is 7.05 Å². The average molecular weight is 294 g/mol. The van der Waals surface area contributed by atoms with Crippen LogP contribution in [0.5, 0.6) is 0 Å². The second-order valence-corrected chi connectivity index (χ2v) is 5.45. The summed E-state index contributed by atoms with van der Waals surface area (Å²) in [6.45, 7) is 0. The lowest BCUT2D eigenvalue weighted by Crippen LogP contribution is -1.90. The Morgan fingerprint density at radius 2 is 1.81 bits per heavy atom. The number of pyridine rings is 1. The van der Waals surface area contributed by atoms with Crippen molar-refractivity contribution < 1.29 is 0 Å². The van der Waals surface area contributed by atoms with Crippen LogP contribution in [-0.4, -0.2) is 14.8 Å². The normalized spacial score (nSPS) is 11.3. The highest BCUT2D eigenvalue weighted by atomic mass is 35.5. The molecule has 4 rings (SSSR count). The molecule has 4 heteroatoms. The highest BCUT2D eigenvalue weighted by molar-refractivity contribution is 6.30. The van der Waals surface area contributed by atoms with Crippen molar-refractivity contribution in [2.75, 3.05) is 0 Å². The summed E-state index contributed by atoms with van der Waals surface area (Å²) in [6, 6.07) is 16.5. The maximum Gasteiger partial charge on any atom is 0.129 e. The van der Waals surface area contributed by atoms with Gasteiger partial charge in [-0.1, -0.05) is 48.0 Å². The molecule has 0 radical (unpaired) electrons. The van der Waals surface area contributed by atoms with Crippen molar-refractivity contribution in [1.82, 2.24) is 14.8 Å². The van der Waals surface area contributed by atoms with E-state index in [9.17, 15) is 0 Å². The number of rotatable bonds is 1. The van der Waals surface area contributed by atoms with E-state index in [-0.39, 0.29) is 0 Å². The standard InChI is InChI=1S/C17H12ClN3/c1-21-15-10-19-16(18)9-14(15)17(20-21)13-7-6-11-4-2-3-5-12(11)8-13/h2-10H,1H3. The van der Waals surface area contributed by atoms with Gasteiger partial charge < -0.3 is 0 Å². The maximum absolute atomic E-state index is 6.03. The Balaban J connectivity index is 2.01. The molecule has 3 nitrogen and oxygen atoms in total. The predicted molar refractivity (Wildman–Crippen MR) is 86.5 cm³/mol. The monoisotopic (exact) mass is 293 g/mol. The molecule has 2 aromatic carbocycles. The van der Waals surface area contributed by atoms with E-state index in [1.54, 1.807) is 6.20 Å². The van der Waals surface area contributed by atoms with Crippen molar-refractivity contribution in [2.24, 2.45) is 7.05 Å². The minimum absolute atomic E-state index is 0.484. The summed E-state index contributed by atoms with van der Waals surface area (Å²) in [5, 5.41) is 8.56. The molecule has 0 N–H and O–H groups in total. The lowest BCUT2D eigenvalue weighted by molar-refractivity contribution is 0.799. The van der Waals surface area contributed by atoms with Gasteiger partial charge in [0, 0.05) is 18.0 Å². The molecule has 0 amide bonds. The van der Waals surface area contributed by atoms with E-state index in [0.29, 0.717) is 5.15 Å². The summed E-state index contributed by atoms with van der Waals surface area (Å²) in [5.41, 5.74) is 2.99. The van der Waals surface area contributed by atoms with E-state index in [1.165, 1.54) is 10.8 Å². The number of aromatic nitrogens is 3. The molecule has 2 heterocycles. The van der Waals surface area contributed by atoms with Gasteiger partial charge in [-0.05, 0) is 22.9 Å². The summed E-state index contributed by atoms with van der Waals surface area (Å²) >= 11 is 6.03. The minimum atomic E-state index is 0.484. The number of aryl methyl sites for hydroxylation is 1. The number of hydrogen-bond acceptors (Lipinski definition) is 2. The molecule has 0 spiro atoms. The zero-order valence-corrected chi connectivity index (χ0v) is 12.2. The summed E-state index contributed by atoms with van der Waals surface area (Å²) in [5.74, 6) is 0. The smallest absolute Gasteiger partial charge is 0.129 e. The Kier molecular flexibility index (Phi) is 2.69. The first-order chi connectivity index (χ1) is 10.2. The van der Waals surface area contributed by atoms with Gasteiger partial charge in [0.2, 0.25) is 0 Å². The Labute approximate surface area is 126 Å². The molecule has 21 heavy (non-hydrogen) atoms. The van der Waals surface area contributed by atoms with Crippen LogP contribution in [0.25, 0.3) is 32.9 Å². The Morgan fingerprint density at radius 3 is 2.67 bits per heavy atom. The van der Waals surface area contributed by atoms with Gasteiger partial charge in [0.25, 0.3) is 0 Å². The fourth-order valence-corrected chi connectivity index (χ4v) is 2.84. The van der Waals surface area contributed by atoms with Gasteiger partial charge in [-0.15, -0.1) is 0 Å². The average Bonchev–Trinajstić information content (AvgIpc) is 2.83. The second-order valence-electron chi connectivity index (χ2n) is 5.06. The lowest BCUT2D eigenvalue weighted by atomic mass is 10.0. The van der Waals surface area contributed by atoms with Crippen LogP contribution in [0.1, 0.15) is 0 Å². The number of nitrogens with zero attached hydrogens (tertiary/aromatic N) is 3. The molecule has 0 aliphatic carbocycles. The minimum Gasteiger partial charge on any atom is -0.266 e. The number of fused-ring (bicyclic) bond motifs is 2. The van der Waals surface area contributed by atoms with Gasteiger partial charge in [0.15, 0.2) is 0 Å². The third kappa shape index (κ3) is 1.98. The summed E-state index contributed by atoms with van der Waals surface area (Å²) in [7, 11) is 1.92. The van der Waals surface area contributed by atoms with Gasteiger partial charge in [-0.2, -0.15) is 5.10 Å². The van der Waals surface area contributed by atoms with Crippen LogP contribution in [0.2, 0.25) is 5.15 Å². The number of benzene rings is 2. The van der Waals surface area contributed by atoms with Crippen LogP contribution < -0.4 is 0 Å². The first-order valence-electron chi connectivity index (χ1n) is 6.70. The van der Waals surface area contributed by atoms with Gasteiger partial charge >= 0.3 is 0 Å². The summed E-state index contributed by atoms with van der Waals surface area (Å²) in [4.78, 5) is 4.13. The van der Waals surface area contributed by atoms with Crippen LogP contribution >= 0.6 is 11.6 Å². The van der Waals surface area contributed by atoms with Crippen molar-refractivity contribution >= 4 is 33.3 Å². The molecule has 0 saturated heterocycles. The second kappa shape index (κ2) is 4.57.